The smallest absolute Gasteiger partial charge is 0.306 e. The first-order valence-corrected chi connectivity index (χ1v) is 33.1. The molecule has 77 heavy (non-hydrogen) atoms. The molecular formula is C71H124O6. The second kappa shape index (κ2) is 65.1. The van der Waals surface area contributed by atoms with Gasteiger partial charge in [0.1, 0.15) is 13.2 Å². The largest absolute Gasteiger partial charge is 0.462 e. The fourth-order valence-electron chi connectivity index (χ4n) is 9.33. The van der Waals surface area contributed by atoms with E-state index in [9.17, 15) is 14.4 Å². The van der Waals surface area contributed by atoms with Crippen molar-refractivity contribution in [3.05, 3.63) is 85.1 Å². The monoisotopic (exact) mass is 1070 g/mol. The average molecular weight is 1070 g/mol. The summed E-state index contributed by atoms with van der Waals surface area (Å²) in [7, 11) is 0. The number of hydrogen-bond donors (Lipinski definition) is 0. The summed E-state index contributed by atoms with van der Waals surface area (Å²) in [5.41, 5.74) is 0. The van der Waals surface area contributed by atoms with Gasteiger partial charge in [-0.05, 0) is 122 Å². The highest BCUT2D eigenvalue weighted by atomic mass is 16.6. The molecule has 0 radical (unpaired) electrons. The summed E-state index contributed by atoms with van der Waals surface area (Å²) in [4.78, 5) is 38.4. The van der Waals surface area contributed by atoms with E-state index in [4.69, 9.17) is 14.2 Å². The molecule has 0 aliphatic carbocycles. The zero-order valence-electron chi connectivity index (χ0n) is 51.0. The van der Waals surface area contributed by atoms with Crippen LogP contribution in [0.4, 0.5) is 0 Å². The van der Waals surface area contributed by atoms with Crippen LogP contribution in [0.15, 0.2) is 85.1 Å². The molecule has 6 heteroatoms. The molecule has 0 aliphatic rings. The van der Waals surface area contributed by atoms with Gasteiger partial charge in [-0.2, -0.15) is 0 Å². The first-order valence-electron chi connectivity index (χ1n) is 33.1. The number of unbranched alkanes of at least 4 members (excludes halogenated alkanes) is 35. The number of carbonyl (C=O) groups is 3. The maximum Gasteiger partial charge on any atom is 0.306 e. The van der Waals surface area contributed by atoms with Crippen molar-refractivity contribution < 1.29 is 28.6 Å². The summed E-state index contributed by atoms with van der Waals surface area (Å²) in [5.74, 6) is -0.889. The Morgan fingerprint density at radius 3 is 0.753 bits per heavy atom. The molecule has 0 aromatic rings. The lowest BCUT2D eigenvalue weighted by Gasteiger charge is -2.18. The molecule has 0 amide bonds. The molecule has 6 nitrogen and oxygen atoms in total. The minimum atomic E-state index is -0.788. The maximum atomic E-state index is 12.9. The number of ether oxygens (including phenoxy) is 3. The van der Waals surface area contributed by atoms with Crippen molar-refractivity contribution in [1.82, 2.24) is 0 Å². The highest BCUT2D eigenvalue weighted by Gasteiger charge is 2.19. The second-order valence-corrected chi connectivity index (χ2v) is 22.0. The van der Waals surface area contributed by atoms with Crippen molar-refractivity contribution in [2.24, 2.45) is 0 Å². The Morgan fingerprint density at radius 2 is 0.468 bits per heavy atom. The highest BCUT2D eigenvalue weighted by Crippen LogP contribution is 2.16. The molecule has 0 fully saturated rings. The maximum absolute atomic E-state index is 12.9. The topological polar surface area (TPSA) is 78.9 Å². The predicted molar refractivity (Wildman–Crippen MR) is 334 cm³/mol. The van der Waals surface area contributed by atoms with Crippen LogP contribution in [0.5, 0.6) is 0 Å². The molecule has 444 valence electrons. The first kappa shape index (κ1) is 73.6. The van der Waals surface area contributed by atoms with Crippen LogP contribution in [0, 0.1) is 0 Å². The molecule has 0 aliphatic heterocycles. The van der Waals surface area contributed by atoms with Gasteiger partial charge < -0.3 is 14.2 Å². The molecule has 0 aromatic carbocycles. The fourth-order valence-corrected chi connectivity index (χ4v) is 9.33. The number of carbonyl (C=O) groups excluding carboxylic acids is 3. The molecule has 0 spiro atoms. The Balaban J connectivity index is 4.39. The van der Waals surface area contributed by atoms with E-state index in [-0.39, 0.29) is 31.1 Å². The van der Waals surface area contributed by atoms with Gasteiger partial charge in [0.2, 0.25) is 0 Å². The molecule has 0 heterocycles. The molecule has 0 aromatic heterocycles. The van der Waals surface area contributed by atoms with Gasteiger partial charge >= 0.3 is 17.9 Å². The van der Waals surface area contributed by atoms with Gasteiger partial charge in [-0.1, -0.05) is 273 Å². The zero-order chi connectivity index (χ0) is 55.7. The fraction of sp³-hybridized carbons (Fsp3) is 0.761. The van der Waals surface area contributed by atoms with Crippen molar-refractivity contribution in [3.63, 3.8) is 0 Å². The average Bonchev–Trinajstić information content (AvgIpc) is 3.43. The van der Waals surface area contributed by atoms with E-state index >= 15 is 0 Å². The summed E-state index contributed by atoms with van der Waals surface area (Å²) in [6.45, 7) is 6.60. The molecule has 1 atom stereocenters. The van der Waals surface area contributed by atoms with Gasteiger partial charge in [0.25, 0.3) is 0 Å². The van der Waals surface area contributed by atoms with Crippen molar-refractivity contribution >= 4 is 17.9 Å². The van der Waals surface area contributed by atoms with Crippen molar-refractivity contribution in [2.45, 2.75) is 335 Å². The van der Waals surface area contributed by atoms with Crippen LogP contribution in [0.3, 0.4) is 0 Å². The molecule has 0 rings (SSSR count). The molecule has 0 saturated carbocycles. The lowest BCUT2D eigenvalue weighted by molar-refractivity contribution is -0.167. The van der Waals surface area contributed by atoms with Crippen molar-refractivity contribution in [1.29, 1.82) is 0 Å². The Hall–Kier alpha value is -3.41. The van der Waals surface area contributed by atoms with Crippen molar-refractivity contribution in [3.8, 4) is 0 Å². The van der Waals surface area contributed by atoms with E-state index in [1.165, 1.54) is 193 Å². The standard InChI is InChI=1S/C71H124O6/c1-4-7-10-13-16-19-22-25-28-31-33-34-35-36-38-40-43-46-49-52-55-58-61-64-70(73)76-67-68(66-75-69(72)63-60-57-54-51-48-45-42-39-30-27-24-21-18-15-12-9-6-3)77-71(74)65-62-59-56-53-50-47-44-41-37-32-29-26-23-20-17-14-11-8-5-2/h17-18,20-22,25-27,29-31,33,35-36,68H,4-16,19,23-24,28,32,34,37-67H2,1-3H3/b20-17-,21-18-,25-22-,29-26-,30-27-,33-31-,36-35-. The SMILES string of the molecule is CCCCC/C=C\C/C=C\CCCCCCCCCCCC(=O)OC(COC(=O)CCCCCCCCC/C=C\C/C=C\CCCCC)COC(=O)CCCCCCCCCC/C=C\C/C=C\C/C=C\CCCCCCC. The van der Waals surface area contributed by atoms with Crippen LogP contribution < -0.4 is 0 Å². The molecule has 0 bridgehead atoms. The van der Waals surface area contributed by atoms with Gasteiger partial charge in [-0.3, -0.25) is 14.4 Å². The molecular weight excluding hydrogens is 949 g/mol. The summed E-state index contributed by atoms with van der Waals surface area (Å²) in [6, 6.07) is 0. The van der Waals surface area contributed by atoms with Gasteiger partial charge in [0, 0.05) is 19.3 Å². The number of rotatable bonds is 60. The Bertz CT molecular complexity index is 1470. The van der Waals surface area contributed by atoms with Crippen molar-refractivity contribution in [2.75, 3.05) is 13.2 Å². The minimum Gasteiger partial charge on any atom is -0.462 e. The first-order chi connectivity index (χ1) is 38.0. The summed E-state index contributed by atoms with van der Waals surface area (Å²) in [6.07, 6.45) is 85.8. The van der Waals surface area contributed by atoms with Crippen LogP contribution >= 0.6 is 0 Å². The Kier molecular flexibility index (Phi) is 62.2. The third kappa shape index (κ3) is 63.3. The Labute approximate surface area is 477 Å². The highest BCUT2D eigenvalue weighted by molar-refractivity contribution is 5.71. The second-order valence-electron chi connectivity index (χ2n) is 22.0. The Morgan fingerprint density at radius 1 is 0.260 bits per heavy atom. The van der Waals surface area contributed by atoms with E-state index in [1.807, 2.05) is 0 Å². The summed E-state index contributed by atoms with van der Waals surface area (Å²) < 4.78 is 17.0. The molecule has 0 N–H and O–H groups in total. The van der Waals surface area contributed by atoms with Crippen LogP contribution in [-0.4, -0.2) is 37.2 Å². The number of allylic oxidation sites excluding steroid dienone is 14. The van der Waals surface area contributed by atoms with E-state index in [2.05, 4.69) is 106 Å². The van der Waals surface area contributed by atoms with Gasteiger partial charge in [-0.15, -0.1) is 0 Å². The number of esters is 3. The summed E-state index contributed by atoms with van der Waals surface area (Å²) >= 11 is 0. The van der Waals surface area contributed by atoms with E-state index < -0.39 is 6.10 Å². The van der Waals surface area contributed by atoms with E-state index in [0.29, 0.717) is 19.3 Å². The lowest BCUT2D eigenvalue weighted by atomic mass is 10.1. The summed E-state index contributed by atoms with van der Waals surface area (Å²) in [5, 5.41) is 0. The quantitative estimate of drug-likeness (QED) is 0.0261. The minimum absolute atomic E-state index is 0.0838. The van der Waals surface area contributed by atoms with E-state index in [0.717, 1.165) is 96.3 Å². The van der Waals surface area contributed by atoms with E-state index in [1.54, 1.807) is 0 Å². The predicted octanol–water partition coefficient (Wildman–Crippen LogP) is 22.7. The lowest BCUT2D eigenvalue weighted by Crippen LogP contribution is -2.30. The van der Waals surface area contributed by atoms with Crippen LogP contribution in [0.1, 0.15) is 329 Å². The number of hydrogen-bond acceptors (Lipinski definition) is 6. The third-order valence-corrected chi connectivity index (χ3v) is 14.3. The zero-order valence-corrected chi connectivity index (χ0v) is 51.0. The van der Waals surface area contributed by atoms with Gasteiger partial charge in [-0.25, -0.2) is 0 Å². The van der Waals surface area contributed by atoms with Crippen LogP contribution in [0.2, 0.25) is 0 Å². The third-order valence-electron chi connectivity index (χ3n) is 14.3. The molecule has 1 unspecified atom stereocenters. The van der Waals surface area contributed by atoms with Gasteiger partial charge in [0.05, 0.1) is 0 Å². The van der Waals surface area contributed by atoms with Crippen LogP contribution in [0.25, 0.3) is 0 Å². The van der Waals surface area contributed by atoms with Gasteiger partial charge in [0.15, 0.2) is 6.10 Å². The normalized spacial score (nSPS) is 12.6. The van der Waals surface area contributed by atoms with Crippen LogP contribution in [-0.2, 0) is 28.6 Å². The molecule has 0 saturated heterocycles.